The molecule has 0 atom stereocenters. The van der Waals surface area contributed by atoms with E-state index in [1.807, 2.05) is 46.4 Å². The minimum Gasteiger partial charge on any atom is -0.302 e. The number of alkyl halides is 2. The minimum absolute atomic E-state index is 0.0294. The third-order valence-corrected chi connectivity index (χ3v) is 4.14. The molecule has 0 aromatic heterocycles. The van der Waals surface area contributed by atoms with Gasteiger partial charge in [0.05, 0.1) is 12.0 Å². The predicted molar refractivity (Wildman–Crippen MR) is 83.5 cm³/mol. The number of likely N-dealkylation sites (tertiary alicyclic amines) is 2. The summed E-state index contributed by atoms with van der Waals surface area (Å²) >= 11 is 0. The zero-order valence-corrected chi connectivity index (χ0v) is 14.3. The zero-order valence-electron chi connectivity index (χ0n) is 14.3. The first-order valence-corrected chi connectivity index (χ1v) is 8.35. The molecule has 2 heterocycles. The van der Waals surface area contributed by atoms with E-state index >= 15 is 0 Å². The molecule has 1 spiro atoms. The van der Waals surface area contributed by atoms with Crippen LogP contribution < -0.4 is 0 Å². The van der Waals surface area contributed by atoms with Crippen molar-refractivity contribution in [2.45, 2.75) is 60.3 Å². The lowest BCUT2D eigenvalue weighted by molar-refractivity contribution is -0.223. The highest BCUT2D eigenvalue weighted by atomic mass is 19.3. The first-order chi connectivity index (χ1) is 9.53. The Morgan fingerprint density at radius 2 is 1.45 bits per heavy atom. The molecule has 0 aromatic carbocycles. The van der Waals surface area contributed by atoms with E-state index in [0.717, 1.165) is 26.1 Å². The molecule has 2 fully saturated rings. The van der Waals surface area contributed by atoms with Crippen molar-refractivity contribution >= 4 is 0 Å². The van der Waals surface area contributed by atoms with E-state index in [-0.39, 0.29) is 6.54 Å². The largest absolute Gasteiger partial charge is 0.302 e. The van der Waals surface area contributed by atoms with E-state index in [2.05, 4.69) is 4.90 Å². The van der Waals surface area contributed by atoms with Crippen LogP contribution in [0.1, 0.15) is 54.4 Å². The number of hydrogen-bond acceptors (Lipinski definition) is 2. The lowest BCUT2D eigenvalue weighted by atomic mass is 9.69. The molecule has 2 aliphatic rings. The minimum atomic E-state index is -2.49. The third-order valence-electron chi connectivity index (χ3n) is 4.14. The summed E-state index contributed by atoms with van der Waals surface area (Å²) in [6.07, 6.45) is 1.63. The van der Waals surface area contributed by atoms with Crippen LogP contribution in [0.3, 0.4) is 0 Å². The van der Waals surface area contributed by atoms with Gasteiger partial charge in [0.1, 0.15) is 0 Å². The lowest BCUT2D eigenvalue weighted by Crippen LogP contribution is -2.69. The van der Waals surface area contributed by atoms with Crippen molar-refractivity contribution in [2.75, 3.05) is 39.3 Å². The van der Waals surface area contributed by atoms with Gasteiger partial charge in [-0.25, -0.2) is 8.78 Å². The molecule has 0 N–H and O–H groups in total. The van der Waals surface area contributed by atoms with Gasteiger partial charge in [-0.05, 0) is 32.5 Å². The molecule has 0 aromatic rings. The maximum Gasteiger partial charge on any atom is 0.268 e. The van der Waals surface area contributed by atoms with Crippen LogP contribution in [0, 0.1) is 5.41 Å². The van der Waals surface area contributed by atoms with E-state index in [9.17, 15) is 8.78 Å². The quantitative estimate of drug-likeness (QED) is 0.772. The van der Waals surface area contributed by atoms with Crippen molar-refractivity contribution in [3.63, 3.8) is 0 Å². The Kier molecular flexibility index (Phi) is 8.83. The Bertz CT molecular complexity index is 251. The van der Waals surface area contributed by atoms with Crippen LogP contribution in [0.15, 0.2) is 0 Å². The van der Waals surface area contributed by atoms with Gasteiger partial charge in [-0.15, -0.1) is 0 Å². The van der Waals surface area contributed by atoms with Gasteiger partial charge in [0.25, 0.3) is 5.92 Å². The normalized spacial score (nSPS) is 24.0. The molecule has 0 radical (unpaired) electrons. The fourth-order valence-corrected chi connectivity index (χ4v) is 3.01. The summed E-state index contributed by atoms with van der Waals surface area (Å²) in [4.78, 5) is 4.03. The van der Waals surface area contributed by atoms with E-state index in [1.54, 1.807) is 0 Å². The monoisotopic (exact) mass is 292 g/mol. The van der Waals surface area contributed by atoms with Crippen molar-refractivity contribution in [3.05, 3.63) is 0 Å². The first-order valence-electron chi connectivity index (χ1n) is 8.35. The van der Waals surface area contributed by atoms with Crippen molar-refractivity contribution in [1.29, 1.82) is 0 Å². The third kappa shape index (κ3) is 4.14. The van der Waals surface area contributed by atoms with E-state index < -0.39 is 11.3 Å². The Balaban J connectivity index is 0.000000829. The van der Waals surface area contributed by atoms with Crippen LogP contribution in [0.2, 0.25) is 0 Å². The van der Waals surface area contributed by atoms with E-state index in [0.29, 0.717) is 19.5 Å². The number of nitrogens with zero attached hydrogens (tertiary/aromatic N) is 2. The molecule has 4 heteroatoms. The lowest BCUT2D eigenvalue weighted by Gasteiger charge is -2.57. The fraction of sp³-hybridized carbons (Fsp3) is 1.00. The van der Waals surface area contributed by atoms with Gasteiger partial charge >= 0.3 is 0 Å². The van der Waals surface area contributed by atoms with Crippen LogP contribution in [0.4, 0.5) is 8.78 Å². The molecule has 0 bridgehead atoms. The molecular formula is C16H34F2N2. The summed E-state index contributed by atoms with van der Waals surface area (Å²) in [6, 6.07) is 0. The zero-order chi connectivity index (χ0) is 15.8. The maximum absolute atomic E-state index is 14.1. The average molecular weight is 292 g/mol. The second-order valence-electron chi connectivity index (χ2n) is 5.31. The molecule has 2 saturated heterocycles. The standard InChI is InChI=1S/C12H22F2N2.2C2H6/c1-3-6-16-7-5-11(12(13,14)10-16)8-15(4-2)9-11;2*1-2/h3-10H2,1-2H3;2*1-2H3. The summed E-state index contributed by atoms with van der Waals surface area (Å²) < 4.78 is 28.2. The van der Waals surface area contributed by atoms with Gasteiger partial charge in [-0.1, -0.05) is 41.5 Å². The average Bonchev–Trinajstić information content (AvgIpc) is 2.41. The molecule has 122 valence electrons. The van der Waals surface area contributed by atoms with Crippen LogP contribution in [0.25, 0.3) is 0 Å². The van der Waals surface area contributed by atoms with Gasteiger partial charge in [-0.3, -0.25) is 4.90 Å². The van der Waals surface area contributed by atoms with Crippen LogP contribution >= 0.6 is 0 Å². The maximum atomic E-state index is 14.1. The van der Waals surface area contributed by atoms with Crippen molar-refractivity contribution in [1.82, 2.24) is 9.80 Å². The molecule has 20 heavy (non-hydrogen) atoms. The Morgan fingerprint density at radius 1 is 0.900 bits per heavy atom. The highest BCUT2D eigenvalue weighted by molar-refractivity contribution is 5.07. The highest BCUT2D eigenvalue weighted by Crippen LogP contribution is 2.49. The summed E-state index contributed by atoms with van der Waals surface area (Å²) in [5, 5.41) is 0. The van der Waals surface area contributed by atoms with Crippen molar-refractivity contribution in [3.8, 4) is 0 Å². The van der Waals surface area contributed by atoms with Crippen LogP contribution in [-0.4, -0.2) is 55.0 Å². The molecule has 0 saturated carbocycles. The summed E-state index contributed by atoms with van der Waals surface area (Å²) in [5.74, 6) is -2.49. The van der Waals surface area contributed by atoms with Crippen LogP contribution in [-0.2, 0) is 0 Å². The van der Waals surface area contributed by atoms with Crippen LogP contribution in [0.5, 0.6) is 0 Å². The Labute approximate surface area is 124 Å². The van der Waals surface area contributed by atoms with Gasteiger partial charge in [0.15, 0.2) is 0 Å². The van der Waals surface area contributed by atoms with E-state index in [1.165, 1.54) is 0 Å². The van der Waals surface area contributed by atoms with Gasteiger partial charge in [-0.2, -0.15) is 0 Å². The Hall–Kier alpha value is -0.220. The molecule has 0 aliphatic carbocycles. The topological polar surface area (TPSA) is 6.48 Å². The molecular weight excluding hydrogens is 258 g/mol. The van der Waals surface area contributed by atoms with Crippen molar-refractivity contribution in [2.24, 2.45) is 5.41 Å². The number of halogens is 2. The predicted octanol–water partition coefficient (Wildman–Crippen LogP) is 4.11. The first kappa shape index (κ1) is 19.8. The van der Waals surface area contributed by atoms with Gasteiger partial charge in [0, 0.05) is 13.1 Å². The van der Waals surface area contributed by atoms with Gasteiger partial charge in [0.2, 0.25) is 0 Å². The molecule has 2 nitrogen and oxygen atoms in total. The second-order valence-corrected chi connectivity index (χ2v) is 5.31. The summed E-state index contributed by atoms with van der Waals surface area (Å²) in [5.41, 5.74) is -0.701. The Morgan fingerprint density at radius 3 is 1.85 bits per heavy atom. The molecule has 0 unspecified atom stereocenters. The van der Waals surface area contributed by atoms with E-state index in [4.69, 9.17) is 0 Å². The smallest absolute Gasteiger partial charge is 0.268 e. The fourth-order valence-electron chi connectivity index (χ4n) is 3.01. The molecule has 2 aliphatic heterocycles. The second kappa shape index (κ2) is 8.93. The molecule has 0 amide bonds. The van der Waals surface area contributed by atoms with Crippen molar-refractivity contribution < 1.29 is 8.78 Å². The number of rotatable bonds is 3. The summed E-state index contributed by atoms with van der Waals surface area (Å²) in [7, 11) is 0. The van der Waals surface area contributed by atoms with Gasteiger partial charge < -0.3 is 4.90 Å². The number of piperidine rings is 1. The SMILES string of the molecule is CC.CC.CCCN1CCC2(CN(CC)C2)C(F)(F)C1. The summed E-state index contributed by atoms with van der Waals surface area (Å²) in [6.45, 7) is 15.8. The number of hydrogen-bond donors (Lipinski definition) is 0. The highest BCUT2D eigenvalue weighted by Gasteiger charge is 2.61. The molecule has 2 rings (SSSR count).